The van der Waals surface area contributed by atoms with Crippen LogP contribution < -0.4 is 10.1 Å². The normalized spacial score (nSPS) is 15.7. The third kappa shape index (κ3) is 3.70. The molecule has 0 fully saturated rings. The third-order valence-corrected chi connectivity index (χ3v) is 4.34. The molecule has 2 aromatic carbocycles. The maximum absolute atomic E-state index is 13.5. The molecule has 0 bridgehead atoms. The van der Waals surface area contributed by atoms with Crippen molar-refractivity contribution in [2.24, 2.45) is 0 Å². The van der Waals surface area contributed by atoms with Crippen LogP contribution in [0.15, 0.2) is 42.5 Å². The van der Waals surface area contributed by atoms with Gasteiger partial charge in [-0.3, -0.25) is 4.79 Å². The van der Waals surface area contributed by atoms with Gasteiger partial charge < -0.3 is 20.1 Å². The molecule has 3 N–H and O–H groups in total. The number of aliphatic carboxylic acids is 1. The number of methoxy groups -OCH3 is 1. The molecule has 0 saturated carbocycles. The fraction of sp³-hybridized carbons (Fsp3) is 0.250. The Balaban J connectivity index is 0.000000447. The first kappa shape index (κ1) is 17.9. The number of hydrogen-bond donors (Lipinski definition) is 3. The molecular formula is C20H21FN2O3. The minimum absolute atomic E-state index is 0.00200. The van der Waals surface area contributed by atoms with Crippen molar-refractivity contribution in [3.63, 3.8) is 0 Å². The van der Waals surface area contributed by atoms with Crippen LogP contribution in [0.1, 0.15) is 29.8 Å². The van der Waals surface area contributed by atoms with E-state index in [9.17, 15) is 4.39 Å². The Morgan fingerprint density at radius 2 is 2.04 bits per heavy atom. The van der Waals surface area contributed by atoms with E-state index in [0.29, 0.717) is 0 Å². The average Bonchev–Trinajstić information content (AvgIpc) is 2.99. The molecular weight excluding hydrogens is 335 g/mol. The van der Waals surface area contributed by atoms with Gasteiger partial charge in [-0.25, -0.2) is 4.39 Å². The number of aromatic nitrogens is 1. The lowest BCUT2D eigenvalue weighted by molar-refractivity contribution is -0.134. The lowest BCUT2D eigenvalue weighted by Gasteiger charge is -2.24. The van der Waals surface area contributed by atoms with Gasteiger partial charge in [-0.2, -0.15) is 0 Å². The van der Waals surface area contributed by atoms with Crippen LogP contribution in [0.3, 0.4) is 0 Å². The van der Waals surface area contributed by atoms with E-state index in [1.807, 2.05) is 18.2 Å². The first-order chi connectivity index (χ1) is 12.5. The van der Waals surface area contributed by atoms with E-state index in [0.717, 1.165) is 42.4 Å². The number of carbonyl (C=O) groups is 1. The van der Waals surface area contributed by atoms with Crippen molar-refractivity contribution in [2.45, 2.75) is 19.4 Å². The van der Waals surface area contributed by atoms with Crippen molar-refractivity contribution in [1.82, 2.24) is 10.3 Å². The van der Waals surface area contributed by atoms with E-state index < -0.39 is 5.97 Å². The summed E-state index contributed by atoms with van der Waals surface area (Å²) in [6.45, 7) is 1.96. The lowest BCUT2D eigenvalue weighted by atomic mass is 9.94. The van der Waals surface area contributed by atoms with E-state index in [1.165, 1.54) is 17.0 Å². The Hall–Kier alpha value is -2.86. The molecule has 4 rings (SSSR count). The summed E-state index contributed by atoms with van der Waals surface area (Å²) in [6, 6.07) is 12.8. The molecule has 6 heteroatoms. The summed E-state index contributed by atoms with van der Waals surface area (Å²) in [6.07, 6.45) is 0.953. The molecule has 0 amide bonds. The third-order valence-electron chi connectivity index (χ3n) is 4.34. The van der Waals surface area contributed by atoms with E-state index in [1.54, 1.807) is 19.2 Å². The molecule has 0 spiro atoms. The minimum Gasteiger partial charge on any atom is -0.497 e. The molecule has 1 atom stereocenters. The van der Waals surface area contributed by atoms with Crippen LogP contribution >= 0.6 is 0 Å². The van der Waals surface area contributed by atoms with Gasteiger partial charge in [0.15, 0.2) is 0 Å². The summed E-state index contributed by atoms with van der Waals surface area (Å²) in [7, 11) is 1.68. The highest BCUT2D eigenvalue weighted by Crippen LogP contribution is 2.35. The number of H-pyrrole nitrogens is 1. The van der Waals surface area contributed by atoms with Gasteiger partial charge in [-0.15, -0.1) is 0 Å². The average molecular weight is 356 g/mol. The van der Waals surface area contributed by atoms with Crippen molar-refractivity contribution in [3.05, 3.63) is 65.1 Å². The van der Waals surface area contributed by atoms with Gasteiger partial charge in [0.2, 0.25) is 0 Å². The molecule has 136 valence electrons. The molecule has 1 aliphatic rings. The van der Waals surface area contributed by atoms with Crippen molar-refractivity contribution in [2.75, 3.05) is 13.7 Å². The molecule has 5 nitrogen and oxygen atoms in total. The standard InChI is InChI=1S/C18H17FN2O.C2H4O2/c1-22-13-5-6-16-15(10-13)14-7-8-20-17(18(14)21-16)11-3-2-4-12(19)9-11;1-2(3)4/h2-6,9-10,17,20-21H,7-8H2,1H3;1H3,(H,3,4). The summed E-state index contributed by atoms with van der Waals surface area (Å²) < 4.78 is 18.9. The summed E-state index contributed by atoms with van der Waals surface area (Å²) in [4.78, 5) is 12.5. The molecule has 0 radical (unpaired) electrons. The highest BCUT2D eigenvalue weighted by Gasteiger charge is 2.25. The first-order valence-corrected chi connectivity index (χ1v) is 8.36. The Kier molecular flexibility index (Phi) is 5.23. The molecule has 0 saturated heterocycles. The molecule has 26 heavy (non-hydrogen) atoms. The van der Waals surface area contributed by atoms with Crippen LogP contribution in [0, 0.1) is 5.82 Å². The second-order valence-corrected chi connectivity index (χ2v) is 6.14. The van der Waals surface area contributed by atoms with Gasteiger partial charge in [0, 0.05) is 30.1 Å². The predicted octanol–water partition coefficient (Wildman–Crippen LogP) is 3.64. The predicted molar refractivity (Wildman–Crippen MR) is 98.1 cm³/mol. The zero-order valence-electron chi connectivity index (χ0n) is 14.7. The van der Waals surface area contributed by atoms with Crippen LogP contribution in [0.5, 0.6) is 5.75 Å². The maximum atomic E-state index is 13.5. The second-order valence-electron chi connectivity index (χ2n) is 6.14. The van der Waals surface area contributed by atoms with Crippen molar-refractivity contribution >= 4 is 16.9 Å². The van der Waals surface area contributed by atoms with Gasteiger partial charge in [-0.05, 0) is 47.9 Å². The number of carboxylic acid groups (broad SMARTS) is 1. The first-order valence-electron chi connectivity index (χ1n) is 8.36. The van der Waals surface area contributed by atoms with Crippen LogP contribution in [-0.4, -0.2) is 29.7 Å². The lowest BCUT2D eigenvalue weighted by Crippen LogP contribution is -2.30. The zero-order chi connectivity index (χ0) is 18.7. The van der Waals surface area contributed by atoms with Gasteiger partial charge in [0.25, 0.3) is 5.97 Å². The molecule has 2 heterocycles. The number of aromatic amines is 1. The zero-order valence-corrected chi connectivity index (χ0v) is 14.7. The molecule has 1 unspecified atom stereocenters. The Bertz CT molecular complexity index is 932. The number of benzene rings is 2. The number of carboxylic acids is 1. The second kappa shape index (κ2) is 7.58. The number of rotatable bonds is 2. The van der Waals surface area contributed by atoms with Crippen molar-refractivity contribution in [1.29, 1.82) is 0 Å². The van der Waals surface area contributed by atoms with Gasteiger partial charge in [-0.1, -0.05) is 12.1 Å². The van der Waals surface area contributed by atoms with Gasteiger partial charge in [0.1, 0.15) is 11.6 Å². The van der Waals surface area contributed by atoms with Gasteiger partial charge in [0.05, 0.1) is 13.2 Å². The van der Waals surface area contributed by atoms with E-state index in [4.69, 9.17) is 14.6 Å². The Morgan fingerprint density at radius 1 is 1.27 bits per heavy atom. The number of ether oxygens (including phenoxy) is 1. The molecule has 1 aliphatic heterocycles. The minimum atomic E-state index is -0.833. The van der Waals surface area contributed by atoms with Crippen LogP contribution in [-0.2, 0) is 11.2 Å². The largest absolute Gasteiger partial charge is 0.497 e. The molecule has 0 aliphatic carbocycles. The quantitative estimate of drug-likeness (QED) is 0.655. The highest BCUT2D eigenvalue weighted by atomic mass is 19.1. The van der Waals surface area contributed by atoms with Crippen LogP contribution in [0.25, 0.3) is 10.9 Å². The van der Waals surface area contributed by atoms with E-state index in [-0.39, 0.29) is 11.9 Å². The fourth-order valence-corrected chi connectivity index (χ4v) is 3.30. The summed E-state index contributed by atoms with van der Waals surface area (Å²) in [5, 5.41) is 12.1. The fourth-order valence-electron chi connectivity index (χ4n) is 3.30. The van der Waals surface area contributed by atoms with E-state index in [2.05, 4.69) is 16.4 Å². The maximum Gasteiger partial charge on any atom is 0.300 e. The van der Waals surface area contributed by atoms with Crippen molar-refractivity contribution < 1.29 is 19.0 Å². The molecule has 3 aromatic rings. The number of hydrogen-bond acceptors (Lipinski definition) is 3. The summed E-state index contributed by atoms with van der Waals surface area (Å²) in [5.41, 5.74) is 4.46. The number of nitrogens with one attached hydrogen (secondary N) is 2. The number of halogens is 1. The monoisotopic (exact) mass is 356 g/mol. The van der Waals surface area contributed by atoms with Gasteiger partial charge >= 0.3 is 0 Å². The smallest absolute Gasteiger partial charge is 0.300 e. The van der Waals surface area contributed by atoms with Crippen LogP contribution in [0.4, 0.5) is 4.39 Å². The SMILES string of the molecule is CC(=O)O.COc1ccc2[nH]c3c(c2c1)CCNC3c1cccc(F)c1. The van der Waals surface area contributed by atoms with E-state index >= 15 is 0 Å². The Labute approximate surface area is 150 Å². The summed E-state index contributed by atoms with van der Waals surface area (Å²) >= 11 is 0. The summed E-state index contributed by atoms with van der Waals surface area (Å²) in [5.74, 6) is -0.181. The van der Waals surface area contributed by atoms with Crippen molar-refractivity contribution in [3.8, 4) is 5.75 Å². The molecule has 1 aromatic heterocycles. The highest BCUT2D eigenvalue weighted by molar-refractivity contribution is 5.86. The number of fused-ring (bicyclic) bond motifs is 3. The topological polar surface area (TPSA) is 74.3 Å². The van der Waals surface area contributed by atoms with Crippen LogP contribution in [0.2, 0.25) is 0 Å². The Morgan fingerprint density at radius 3 is 2.73 bits per heavy atom.